The van der Waals surface area contributed by atoms with Gasteiger partial charge in [0.1, 0.15) is 6.04 Å². The molecular formula is C32H40ClN3O4S. The molecule has 0 aliphatic rings. The zero-order chi connectivity index (χ0) is 30.2. The lowest BCUT2D eigenvalue weighted by Crippen LogP contribution is -2.51. The number of rotatable bonds is 13. The van der Waals surface area contributed by atoms with E-state index in [0.29, 0.717) is 23.6 Å². The van der Waals surface area contributed by atoms with Crippen LogP contribution in [0.1, 0.15) is 48.9 Å². The second-order valence-electron chi connectivity index (χ2n) is 10.7. The van der Waals surface area contributed by atoms with E-state index in [2.05, 4.69) is 5.32 Å². The van der Waals surface area contributed by atoms with E-state index in [4.69, 9.17) is 11.6 Å². The van der Waals surface area contributed by atoms with Crippen LogP contribution in [0.5, 0.6) is 0 Å². The molecule has 0 saturated heterocycles. The van der Waals surface area contributed by atoms with Crippen LogP contribution in [-0.4, -0.2) is 50.0 Å². The topological polar surface area (TPSA) is 86.8 Å². The summed E-state index contributed by atoms with van der Waals surface area (Å²) in [5.74, 6) is -0.464. The van der Waals surface area contributed by atoms with Gasteiger partial charge in [-0.3, -0.25) is 13.9 Å². The highest BCUT2D eigenvalue weighted by atomic mass is 35.5. The van der Waals surface area contributed by atoms with E-state index in [0.717, 1.165) is 22.3 Å². The predicted octanol–water partition coefficient (Wildman–Crippen LogP) is 5.67. The molecule has 7 nitrogen and oxygen atoms in total. The molecule has 0 radical (unpaired) electrons. The third-order valence-electron chi connectivity index (χ3n) is 6.97. The van der Waals surface area contributed by atoms with E-state index in [1.165, 1.54) is 10.6 Å². The number of hydrogen-bond donors (Lipinski definition) is 1. The van der Waals surface area contributed by atoms with Crippen LogP contribution in [-0.2, 0) is 32.6 Å². The van der Waals surface area contributed by atoms with Gasteiger partial charge in [0.15, 0.2) is 0 Å². The van der Waals surface area contributed by atoms with E-state index in [1.807, 2.05) is 82.3 Å². The van der Waals surface area contributed by atoms with Crippen molar-refractivity contribution in [1.29, 1.82) is 0 Å². The molecule has 0 spiro atoms. The summed E-state index contributed by atoms with van der Waals surface area (Å²) in [7, 11) is -3.58. The van der Waals surface area contributed by atoms with Gasteiger partial charge in [0.2, 0.25) is 21.8 Å². The van der Waals surface area contributed by atoms with Gasteiger partial charge in [0.25, 0.3) is 0 Å². The fraction of sp³-hybridized carbons (Fsp3) is 0.375. The van der Waals surface area contributed by atoms with Gasteiger partial charge in [0, 0.05) is 37.0 Å². The largest absolute Gasteiger partial charge is 0.352 e. The van der Waals surface area contributed by atoms with Gasteiger partial charge in [-0.15, -0.1) is 0 Å². The molecule has 3 rings (SSSR count). The molecule has 1 N–H and O–H groups in total. The van der Waals surface area contributed by atoms with E-state index in [-0.39, 0.29) is 37.4 Å². The van der Waals surface area contributed by atoms with Crippen LogP contribution in [0, 0.1) is 13.8 Å². The number of carbonyl (C=O) groups excluding carboxylic acids is 2. The molecule has 9 heteroatoms. The summed E-state index contributed by atoms with van der Waals surface area (Å²) in [6.07, 6.45) is 1.89. The minimum atomic E-state index is -3.58. The first-order valence-electron chi connectivity index (χ1n) is 13.8. The number of benzene rings is 3. The molecule has 0 unspecified atom stereocenters. The van der Waals surface area contributed by atoms with E-state index in [1.54, 1.807) is 23.1 Å². The Morgan fingerprint density at radius 1 is 0.902 bits per heavy atom. The van der Waals surface area contributed by atoms with Crippen LogP contribution in [0.15, 0.2) is 72.8 Å². The summed E-state index contributed by atoms with van der Waals surface area (Å²) in [5, 5.41) is 3.56. The van der Waals surface area contributed by atoms with Crippen molar-refractivity contribution in [3.8, 4) is 0 Å². The highest BCUT2D eigenvalue weighted by Gasteiger charge is 2.31. The molecule has 1 atom stereocenters. The Labute approximate surface area is 249 Å². The first kappa shape index (κ1) is 32.2. The summed E-state index contributed by atoms with van der Waals surface area (Å²) < 4.78 is 26.8. The molecular weight excluding hydrogens is 558 g/mol. The van der Waals surface area contributed by atoms with Gasteiger partial charge < -0.3 is 10.2 Å². The van der Waals surface area contributed by atoms with Crippen LogP contribution >= 0.6 is 11.6 Å². The molecule has 0 saturated carbocycles. The highest BCUT2D eigenvalue weighted by molar-refractivity contribution is 7.92. The lowest BCUT2D eigenvalue weighted by Gasteiger charge is -2.32. The third-order valence-corrected chi connectivity index (χ3v) is 8.40. The molecule has 2 amide bonds. The van der Waals surface area contributed by atoms with Crippen LogP contribution in [0.2, 0.25) is 5.02 Å². The van der Waals surface area contributed by atoms with Crippen LogP contribution in [0.3, 0.4) is 0 Å². The molecule has 0 aliphatic carbocycles. The van der Waals surface area contributed by atoms with Gasteiger partial charge in [-0.25, -0.2) is 8.42 Å². The summed E-state index contributed by atoms with van der Waals surface area (Å²) in [5.41, 5.74) is 4.24. The number of hydrogen-bond acceptors (Lipinski definition) is 4. The number of nitrogens with zero attached hydrogens (tertiary/aromatic N) is 2. The predicted molar refractivity (Wildman–Crippen MR) is 167 cm³/mol. The van der Waals surface area contributed by atoms with Crippen molar-refractivity contribution in [2.24, 2.45) is 0 Å². The average Bonchev–Trinajstić information content (AvgIpc) is 2.91. The third kappa shape index (κ3) is 9.33. The van der Waals surface area contributed by atoms with Gasteiger partial charge in [-0.2, -0.15) is 0 Å². The number of sulfonamides is 1. The quantitative estimate of drug-likeness (QED) is 0.275. The Morgan fingerprint density at radius 2 is 1.56 bits per heavy atom. The van der Waals surface area contributed by atoms with Crippen LogP contribution < -0.4 is 9.62 Å². The summed E-state index contributed by atoms with van der Waals surface area (Å²) in [4.78, 5) is 29.0. The second-order valence-corrected chi connectivity index (χ2v) is 13.0. The van der Waals surface area contributed by atoms with Crippen molar-refractivity contribution in [1.82, 2.24) is 10.2 Å². The van der Waals surface area contributed by atoms with Gasteiger partial charge in [0.05, 0.1) is 11.9 Å². The molecule has 3 aromatic rings. The molecule has 0 aromatic heterocycles. The Morgan fingerprint density at radius 3 is 2.17 bits per heavy atom. The van der Waals surface area contributed by atoms with E-state index >= 15 is 0 Å². The maximum atomic E-state index is 13.9. The van der Waals surface area contributed by atoms with E-state index < -0.39 is 16.1 Å². The lowest BCUT2D eigenvalue weighted by atomic mass is 10.0. The molecule has 0 bridgehead atoms. The normalized spacial score (nSPS) is 12.2. The number of anilines is 1. The first-order valence-corrected chi connectivity index (χ1v) is 16.0. The van der Waals surface area contributed by atoms with Crippen LogP contribution in [0.25, 0.3) is 0 Å². The Kier molecular flexibility index (Phi) is 11.4. The van der Waals surface area contributed by atoms with Crippen molar-refractivity contribution in [2.45, 2.75) is 65.6 Å². The molecule has 0 aliphatic heterocycles. The molecule has 41 heavy (non-hydrogen) atoms. The van der Waals surface area contributed by atoms with Crippen molar-refractivity contribution < 1.29 is 18.0 Å². The van der Waals surface area contributed by atoms with Crippen molar-refractivity contribution in [3.05, 3.63) is 100 Å². The summed E-state index contributed by atoms with van der Waals surface area (Å²) in [6.45, 7) is 7.96. The van der Waals surface area contributed by atoms with Gasteiger partial charge in [-0.05, 0) is 74.6 Å². The van der Waals surface area contributed by atoms with Crippen molar-refractivity contribution in [2.75, 3.05) is 17.1 Å². The molecule has 220 valence electrons. The fourth-order valence-electron chi connectivity index (χ4n) is 4.71. The standard InChI is InChI=1S/C32H40ClN3O4S/c1-23(2)34-32(38)30(21-26-12-7-6-8-13-26)35(22-27-16-18-28(33)19-17-27)31(37)15-10-20-36(41(5,39)40)29-14-9-11-24(3)25(29)4/h6-9,11-14,16-19,23,30H,10,15,20-22H2,1-5H3,(H,34,38)/t30-/m1/s1. The highest BCUT2D eigenvalue weighted by Crippen LogP contribution is 2.26. The Hall–Kier alpha value is -3.36. The first-order chi connectivity index (χ1) is 19.4. The zero-order valence-corrected chi connectivity index (χ0v) is 26.0. The number of halogens is 1. The maximum Gasteiger partial charge on any atom is 0.243 e. The fourth-order valence-corrected chi connectivity index (χ4v) is 5.85. The number of aryl methyl sites for hydroxylation is 1. The monoisotopic (exact) mass is 597 g/mol. The van der Waals surface area contributed by atoms with Crippen LogP contribution in [0.4, 0.5) is 5.69 Å². The lowest BCUT2D eigenvalue weighted by molar-refractivity contribution is -0.141. The van der Waals surface area contributed by atoms with Crippen molar-refractivity contribution in [3.63, 3.8) is 0 Å². The summed E-state index contributed by atoms with van der Waals surface area (Å²) in [6, 6.07) is 21.5. The minimum Gasteiger partial charge on any atom is -0.352 e. The van der Waals surface area contributed by atoms with Gasteiger partial charge >= 0.3 is 0 Å². The number of carbonyl (C=O) groups is 2. The smallest absolute Gasteiger partial charge is 0.243 e. The van der Waals surface area contributed by atoms with E-state index in [9.17, 15) is 18.0 Å². The Balaban J connectivity index is 1.89. The number of nitrogens with one attached hydrogen (secondary N) is 1. The summed E-state index contributed by atoms with van der Waals surface area (Å²) >= 11 is 6.10. The Bertz CT molecular complexity index is 1430. The number of amides is 2. The van der Waals surface area contributed by atoms with Gasteiger partial charge in [-0.1, -0.05) is 66.2 Å². The molecule has 0 heterocycles. The SMILES string of the molecule is Cc1cccc(N(CCCC(=O)N(Cc2ccc(Cl)cc2)[C@H](Cc2ccccc2)C(=O)NC(C)C)S(C)(=O)=O)c1C. The maximum absolute atomic E-state index is 13.9. The molecule has 3 aromatic carbocycles. The minimum absolute atomic E-state index is 0.0741. The zero-order valence-electron chi connectivity index (χ0n) is 24.4. The average molecular weight is 598 g/mol. The second kappa shape index (κ2) is 14.5. The molecule has 0 fully saturated rings. The van der Waals surface area contributed by atoms with Crippen molar-refractivity contribution >= 4 is 39.1 Å².